The van der Waals surface area contributed by atoms with Crippen LogP contribution >= 0.6 is 0 Å². The second-order valence-electron chi connectivity index (χ2n) is 7.00. The Kier molecular flexibility index (Phi) is 4.47. The summed E-state index contributed by atoms with van der Waals surface area (Å²) in [5, 5.41) is 2.89. The molecule has 1 amide bonds. The fourth-order valence-electron chi connectivity index (χ4n) is 4.00. The average Bonchev–Trinajstić information content (AvgIpc) is 3.10. The summed E-state index contributed by atoms with van der Waals surface area (Å²) in [5.74, 6) is 2.14. The van der Waals surface area contributed by atoms with Gasteiger partial charge in [0, 0.05) is 26.2 Å². The number of rotatable bonds is 5. The highest BCUT2D eigenvalue weighted by molar-refractivity contribution is 7.89. The summed E-state index contributed by atoms with van der Waals surface area (Å²) < 4.78 is 25.2. The largest absolute Gasteiger partial charge is 0.326 e. The average molecular weight is 336 g/mol. The lowest BCUT2D eigenvalue weighted by molar-refractivity contribution is -0.117. The SMILES string of the molecule is CN(C)S(=O)(=O)c1ccc(NC(=O)C[C@H]2C[C@H]3CC[C@@H]2C3)cc1. The summed E-state index contributed by atoms with van der Waals surface area (Å²) in [4.78, 5) is 12.4. The van der Waals surface area contributed by atoms with Crippen molar-refractivity contribution >= 4 is 21.6 Å². The van der Waals surface area contributed by atoms with Crippen molar-refractivity contribution in [1.82, 2.24) is 4.31 Å². The first-order valence-electron chi connectivity index (χ1n) is 8.18. The number of fused-ring (bicyclic) bond motifs is 2. The molecule has 0 radical (unpaired) electrons. The molecule has 3 atom stereocenters. The number of anilines is 1. The Morgan fingerprint density at radius 3 is 2.39 bits per heavy atom. The molecule has 2 fully saturated rings. The third-order valence-electron chi connectivity index (χ3n) is 5.25. The van der Waals surface area contributed by atoms with Crippen molar-refractivity contribution in [3.63, 3.8) is 0 Å². The van der Waals surface area contributed by atoms with Gasteiger partial charge in [-0.1, -0.05) is 6.42 Å². The molecule has 6 heteroatoms. The van der Waals surface area contributed by atoms with E-state index in [1.807, 2.05) is 0 Å². The van der Waals surface area contributed by atoms with Crippen LogP contribution in [-0.2, 0) is 14.8 Å². The van der Waals surface area contributed by atoms with E-state index in [1.54, 1.807) is 12.1 Å². The number of carbonyl (C=O) groups is 1. The molecule has 0 saturated heterocycles. The predicted molar refractivity (Wildman–Crippen MR) is 89.5 cm³/mol. The van der Waals surface area contributed by atoms with E-state index in [0.717, 1.165) is 11.8 Å². The Balaban J connectivity index is 1.59. The highest BCUT2D eigenvalue weighted by Gasteiger charge is 2.40. The fraction of sp³-hybridized carbons (Fsp3) is 0.588. The van der Waals surface area contributed by atoms with E-state index >= 15 is 0 Å². The first kappa shape index (κ1) is 16.5. The van der Waals surface area contributed by atoms with Crippen molar-refractivity contribution in [2.45, 2.75) is 37.0 Å². The zero-order valence-corrected chi connectivity index (χ0v) is 14.5. The monoisotopic (exact) mass is 336 g/mol. The Labute approximate surface area is 138 Å². The molecule has 5 nitrogen and oxygen atoms in total. The number of hydrogen-bond acceptors (Lipinski definition) is 3. The summed E-state index contributed by atoms with van der Waals surface area (Å²) in [6, 6.07) is 6.36. The van der Waals surface area contributed by atoms with Crippen molar-refractivity contribution in [3.8, 4) is 0 Å². The molecule has 2 bridgehead atoms. The van der Waals surface area contributed by atoms with Crippen molar-refractivity contribution in [2.75, 3.05) is 19.4 Å². The molecule has 2 aliphatic carbocycles. The van der Waals surface area contributed by atoms with E-state index in [9.17, 15) is 13.2 Å². The maximum atomic E-state index is 12.2. The van der Waals surface area contributed by atoms with E-state index in [1.165, 1.54) is 56.2 Å². The third kappa shape index (κ3) is 3.43. The van der Waals surface area contributed by atoms with Gasteiger partial charge in [0.25, 0.3) is 0 Å². The molecule has 1 aromatic rings. The Hall–Kier alpha value is -1.40. The zero-order chi connectivity index (χ0) is 16.6. The van der Waals surface area contributed by atoms with Crippen LogP contribution in [0.3, 0.4) is 0 Å². The summed E-state index contributed by atoms with van der Waals surface area (Å²) in [5.41, 5.74) is 0.649. The van der Waals surface area contributed by atoms with Crippen LogP contribution in [0.25, 0.3) is 0 Å². The fourth-order valence-corrected chi connectivity index (χ4v) is 4.90. The lowest BCUT2D eigenvalue weighted by Gasteiger charge is -2.21. The van der Waals surface area contributed by atoms with Crippen LogP contribution in [0.4, 0.5) is 5.69 Å². The van der Waals surface area contributed by atoms with E-state index in [-0.39, 0.29) is 10.8 Å². The highest BCUT2D eigenvalue weighted by Crippen LogP contribution is 2.49. The van der Waals surface area contributed by atoms with Gasteiger partial charge in [0.15, 0.2) is 0 Å². The van der Waals surface area contributed by atoms with Crippen molar-refractivity contribution in [3.05, 3.63) is 24.3 Å². The van der Waals surface area contributed by atoms with Gasteiger partial charge in [-0.15, -0.1) is 0 Å². The second kappa shape index (κ2) is 6.24. The highest BCUT2D eigenvalue weighted by atomic mass is 32.2. The van der Waals surface area contributed by atoms with Gasteiger partial charge < -0.3 is 5.32 Å². The van der Waals surface area contributed by atoms with Crippen LogP contribution in [0.1, 0.15) is 32.1 Å². The quantitative estimate of drug-likeness (QED) is 0.899. The van der Waals surface area contributed by atoms with Crippen molar-refractivity contribution in [1.29, 1.82) is 0 Å². The number of carbonyl (C=O) groups excluding carboxylic acids is 1. The number of benzene rings is 1. The molecule has 0 spiro atoms. The molecular formula is C17H24N2O3S. The Morgan fingerprint density at radius 1 is 1.17 bits per heavy atom. The first-order valence-corrected chi connectivity index (χ1v) is 9.62. The Morgan fingerprint density at radius 2 is 1.87 bits per heavy atom. The molecule has 0 unspecified atom stereocenters. The summed E-state index contributed by atoms with van der Waals surface area (Å²) in [7, 11) is -0.425. The molecule has 1 N–H and O–H groups in total. The van der Waals surface area contributed by atoms with Gasteiger partial charge in [-0.05, 0) is 61.3 Å². The Bertz CT molecular complexity index is 682. The van der Waals surface area contributed by atoms with Crippen molar-refractivity contribution < 1.29 is 13.2 Å². The minimum atomic E-state index is -3.43. The van der Waals surface area contributed by atoms with Gasteiger partial charge in [-0.2, -0.15) is 0 Å². The number of sulfonamides is 1. The first-order chi connectivity index (χ1) is 10.9. The second-order valence-corrected chi connectivity index (χ2v) is 9.15. The van der Waals surface area contributed by atoms with E-state index in [0.29, 0.717) is 18.0 Å². The zero-order valence-electron chi connectivity index (χ0n) is 13.7. The van der Waals surface area contributed by atoms with Gasteiger partial charge in [0.1, 0.15) is 0 Å². The number of nitrogens with one attached hydrogen (secondary N) is 1. The minimum Gasteiger partial charge on any atom is -0.326 e. The molecule has 0 aliphatic heterocycles. The van der Waals surface area contributed by atoms with Crippen LogP contribution in [0, 0.1) is 17.8 Å². The van der Waals surface area contributed by atoms with E-state index < -0.39 is 10.0 Å². The third-order valence-corrected chi connectivity index (χ3v) is 7.08. The van der Waals surface area contributed by atoms with Crippen LogP contribution < -0.4 is 5.32 Å². The lowest BCUT2D eigenvalue weighted by Crippen LogP contribution is -2.22. The van der Waals surface area contributed by atoms with Gasteiger partial charge in [-0.25, -0.2) is 12.7 Å². The van der Waals surface area contributed by atoms with Crippen molar-refractivity contribution in [2.24, 2.45) is 17.8 Å². The molecule has 23 heavy (non-hydrogen) atoms. The van der Waals surface area contributed by atoms with Gasteiger partial charge in [0.05, 0.1) is 4.90 Å². The maximum Gasteiger partial charge on any atom is 0.242 e. The normalized spacial score (nSPS) is 26.7. The van der Waals surface area contributed by atoms with E-state index in [2.05, 4.69) is 5.32 Å². The molecule has 2 saturated carbocycles. The van der Waals surface area contributed by atoms with E-state index in [4.69, 9.17) is 0 Å². The smallest absolute Gasteiger partial charge is 0.242 e. The number of nitrogens with zero attached hydrogens (tertiary/aromatic N) is 1. The number of hydrogen-bond donors (Lipinski definition) is 1. The lowest BCUT2D eigenvalue weighted by atomic mass is 9.86. The maximum absolute atomic E-state index is 12.2. The number of amides is 1. The van der Waals surface area contributed by atoms with Gasteiger partial charge in [-0.3, -0.25) is 4.79 Å². The van der Waals surface area contributed by atoms with Crippen LogP contribution in [0.2, 0.25) is 0 Å². The van der Waals surface area contributed by atoms with Crippen LogP contribution in [-0.4, -0.2) is 32.7 Å². The van der Waals surface area contributed by atoms with Crippen LogP contribution in [0.15, 0.2) is 29.2 Å². The molecule has 126 valence electrons. The molecule has 0 heterocycles. The molecular weight excluding hydrogens is 312 g/mol. The summed E-state index contributed by atoms with van der Waals surface area (Å²) in [6.45, 7) is 0. The topological polar surface area (TPSA) is 66.5 Å². The summed E-state index contributed by atoms with van der Waals surface area (Å²) in [6.07, 6.45) is 5.69. The minimum absolute atomic E-state index is 0.0331. The summed E-state index contributed by atoms with van der Waals surface area (Å²) >= 11 is 0. The predicted octanol–water partition coefficient (Wildman–Crippen LogP) is 2.70. The van der Waals surface area contributed by atoms with Gasteiger partial charge >= 0.3 is 0 Å². The standard InChI is InChI=1S/C17H24N2O3S/c1-19(2)23(21,22)16-7-5-15(6-8-16)18-17(20)11-14-10-12-3-4-13(14)9-12/h5-8,12-14H,3-4,9-11H2,1-2H3,(H,18,20)/t12-,13+,14+/m0/s1. The molecule has 3 rings (SSSR count). The molecule has 2 aliphatic rings. The van der Waals surface area contributed by atoms with Gasteiger partial charge in [0.2, 0.25) is 15.9 Å². The van der Waals surface area contributed by atoms with Crippen LogP contribution in [0.5, 0.6) is 0 Å². The molecule has 1 aromatic carbocycles. The molecule has 0 aromatic heterocycles.